The zero-order chi connectivity index (χ0) is 36.7. The van der Waals surface area contributed by atoms with E-state index in [0.29, 0.717) is 13.1 Å². The van der Waals surface area contributed by atoms with E-state index in [0.717, 1.165) is 12.8 Å². The molecule has 2 atom stereocenters. The highest BCUT2D eigenvalue weighted by Gasteiger charge is 2.26. The van der Waals surface area contributed by atoms with Crippen molar-refractivity contribution in [1.29, 1.82) is 0 Å². The number of unbranched alkanes of at least 4 members (excludes halogenated alkanes) is 18. The number of aromatic carboxylic acids is 1. The summed E-state index contributed by atoms with van der Waals surface area (Å²) in [7, 11) is 0. The number of carboxylic acids is 1. The van der Waals surface area contributed by atoms with E-state index in [2.05, 4.69) is 41.5 Å². The lowest BCUT2D eigenvalue weighted by molar-refractivity contribution is 0.0493. The van der Waals surface area contributed by atoms with Gasteiger partial charge in [0.2, 0.25) is 0 Å². The van der Waals surface area contributed by atoms with E-state index >= 15 is 0 Å². The Morgan fingerprint density at radius 3 is 1.12 bits per heavy atom. The topological polar surface area (TPSA) is 150 Å². The molecule has 0 amide bonds. The van der Waals surface area contributed by atoms with E-state index in [9.17, 15) is 15.0 Å². The van der Waals surface area contributed by atoms with Gasteiger partial charge in [-0.15, -0.1) is 12.4 Å². The number of carboxylic acid groups (broad SMARTS) is 1. The molecule has 0 aliphatic heterocycles. The van der Waals surface area contributed by atoms with Crippen molar-refractivity contribution in [2.24, 2.45) is 22.3 Å². The smallest absolute Gasteiger partial charge is 0.339 e. The average Bonchev–Trinajstić information content (AvgIpc) is 3.06. The summed E-state index contributed by atoms with van der Waals surface area (Å²) < 4.78 is 0. The summed E-state index contributed by atoms with van der Waals surface area (Å²) in [6.45, 7) is 13.8. The Kier molecular flexibility index (Phi) is 35.8. The number of benzene rings is 1. The van der Waals surface area contributed by atoms with Crippen molar-refractivity contribution in [3.8, 4) is 5.75 Å². The summed E-state index contributed by atoms with van der Waals surface area (Å²) in [4.78, 5) is 10.3. The molecule has 49 heavy (non-hydrogen) atoms. The minimum absolute atomic E-state index is 0. The third-order valence-corrected chi connectivity index (χ3v) is 9.73. The minimum Gasteiger partial charge on any atom is -0.507 e. The predicted molar refractivity (Wildman–Crippen MR) is 213 cm³/mol. The van der Waals surface area contributed by atoms with Crippen LogP contribution in [-0.4, -0.2) is 51.7 Å². The number of rotatable bonds is 27. The fourth-order valence-electron chi connectivity index (χ4n) is 5.76. The van der Waals surface area contributed by atoms with Crippen molar-refractivity contribution in [3.05, 3.63) is 29.8 Å². The van der Waals surface area contributed by atoms with Crippen LogP contribution in [-0.2, 0) is 0 Å². The lowest BCUT2D eigenvalue weighted by atomic mass is 9.81. The molecule has 8 N–H and O–H groups in total. The van der Waals surface area contributed by atoms with E-state index < -0.39 is 5.97 Å². The number of phenols is 1. The summed E-state index contributed by atoms with van der Waals surface area (Å²) in [6.07, 6.45) is 28.8. The summed E-state index contributed by atoms with van der Waals surface area (Å²) in [6, 6.07) is 5.81. The van der Waals surface area contributed by atoms with Crippen molar-refractivity contribution in [3.63, 3.8) is 0 Å². The average molecular weight is 718 g/mol. The first-order chi connectivity index (χ1) is 22.8. The van der Waals surface area contributed by atoms with Crippen LogP contribution in [0.4, 0.5) is 0 Å². The van der Waals surface area contributed by atoms with Crippen LogP contribution in [0.25, 0.3) is 0 Å². The van der Waals surface area contributed by atoms with Gasteiger partial charge in [-0.3, -0.25) is 0 Å². The number of nitrogens with two attached hydrogens (primary N) is 2. The highest BCUT2D eigenvalue weighted by Crippen LogP contribution is 2.29. The fraction of sp³-hybridized carbons (Fsp3) is 0.829. The number of hydrogen-bond acceptors (Lipinski definition) is 6. The van der Waals surface area contributed by atoms with Gasteiger partial charge in [0.1, 0.15) is 11.3 Å². The molecule has 2 unspecified atom stereocenters. The highest BCUT2D eigenvalue weighted by molar-refractivity contribution is 5.90. The fourth-order valence-corrected chi connectivity index (χ4v) is 5.76. The molecule has 8 heteroatoms. The summed E-state index contributed by atoms with van der Waals surface area (Å²) in [5.74, 6) is -1.31. The van der Waals surface area contributed by atoms with Crippen LogP contribution in [0.15, 0.2) is 24.3 Å². The Labute approximate surface area is 308 Å². The number of aromatic hydroxyl groups is 1. The molecule has 292 valence electrons. The molecule has 0 heterocycles. The molecule has 0 bridgehead atoms. The zero-order valence-corrected chi connectivity index (χ0v) is 33.5. The lowest BCUT2D eigenvalue weighted by Gasteiger charge is -2.29. The Hall–Kier alpha value is -1.38. The molecule has 0 aliphatic carbocycles. The summed E-state index contributed by atoms with van der Waals surface area (Å²) in [5.41, 5.74) is 11.0. The molecule has 0 radical (unpaired) electrons. The lowest BCUT2D eigenvalue weighted by Crippen LogP contribution is -2.35. The normalized spacial score (nSPS) is 12.5. The van der Waals surface area contributed by atoms with Crippen LogP contribution in [0.3, 0.4) is 0 Å². The molecular formula is C41H81ClN2O5. The number of para-hydroxylation sites is 1. The van der Waals surface area contributed by atoms with Crippen LogP contribution in [0, 0.1) is 10.8 Å². The van der Waals surface area contributed by atoms with Gasteiger partial charge in [-0.1, -0.05) is 182 Å². The maximum absolute atomic E-state index is 10.3. The van der Waals surface area contributed by atoms with Crippen molar-refractivity contribution < 1.29 is 25.2 Å². The third kappa shape index (κ3) is 30.0. The molecule has 0 spiro atoms. The van der Waals surface area contributed by atoms with E-state index in [1.165, 1.54) is 141 Å². The van der Waals surface area contributed by atoms with Crippen LogP contribution in [0.1, 0.15) is 193 Å². The van der Waals surface area contributed by atoms with E-state index in [-0.39, 0.29) is 46.8 Å². The van der Waals surface area contributed by atoms with E-state index in [1.54, 1.807) is 12.1 Å². The number of carbonyl (C=O) groups is 1. The van der Waals surface area contributed by atoms with E-state index in [1.807, 2.05) is 0 Å². The van der Waals surface area contributed by atoms with Crippen LogP contribution >= 0.6 is 12.4 Å². The van der Waals surface area contributed by atoms with Gasteiger partial charge in [0.25, 0.3) is 0 Å². The monoisotopic (exact) mass is 717 g/mol. The molecule has 1 aromatic carbocycles. The van der Waals surface area contributed by atoms with Crippen molar-refractivity contribution in [2.45, 2.75) is 195 Å². The number of hydrogen-bond donors (Lipinski definition) is 6. The Balaban J connectivity index is -0.000000670. The molecule has 0 aliphatic rings. The van der Waals surface area contributed by atoms with Crippen molar-refractivity contribution in [2.75, 3.05) is 13.1 Å². The van der Waals surface area contributed by atoms with Crippen molar-refractivity contribution >= 4 is 18.4 Å². The first kappa shape index (κ1) is 52.0. The molecular weight excluding hydrogens is 636 g/mol. The summed E-state index contributed by atoms with van der Waals surface area (Å²) in [5, 5.41) is 36.9. The molecule has 7 nitrogen and oxygen atoms in total. The van der Waals surface area contributed by atoms with Gasteiger partial charge >= 0.3 is 5.97 Å². The van der Waals surface area contributed by atoms with Crippen LogP contribution in [0.2, 0.25) is 0 Å². The number of aliphatic hydroxyl groups excluding tert-OH is 2. The Bertz CT molecular complexity index is 826. The molecule has 0 saturated heterocycles. The highest BCUT2D eigenvalue weighted by atomic mass is 35.5. The number of halogens is 1. The van der Waals surface area contributed by atoms with Gasteiger partial charge in [-0.05, 0) is 35.8 Å². The quantitative estimate of drug-likeness (QED) is 0.0496. The van der Waals surface area contributed by atoms with Gasteiger partial charge in [0.05, 0.1) is 12.2 Å². The minimum atomic E-state index is -1.11. The first-order valence-corrected chi connectivity index (χ1v) is 19.6. The molecule has 0 saturated carbocycles. The van der Waals surface area contributed by atoms with Gasteiger partial charge in [-0.2, -0.15) is 0 Å². The summed E-state index contributed by atoms with van der Waals surface area (Å²) >= 11 is 0. The van der Waals surface area contributed by atoms with Crippen molar-refractivity contribution in [1.82, 2.24) is 0 Å². The Morgan fingerprint density at radius 2 is 0.878 bits per heavy atom. The molecule has 1 rings (SSSR count). The first-order valence-electron chi connectivity index (χ1n) is 19.6. The van der Waals surface area contributed by atoms with Gasteiger partial charge in [0, 0.05) is 13.1 Å². The molecule has 0 fully saturated rings. The molecule has 1 aromatic rings. The van der Waals surface area contributed by atoms with Gasteiger partial charge in [0.15, 0.2) is 0 Å². The third-order valence-electron chi connectivity index (χ3n) is 9.73. The largest absolute Gasteiger partial charge is 0.507 e. The standard InChI is InChI=1S/2C17H37NO.C7H6O3.ClH/c2*1-4-5-6-7-8-9-10-11-12-13-14-17(2,3)16(19)15-18;8-6-4-2-1-3-5(6)7(9)10;/h2*16,19H,4-15,18H2,1-3H3;1-4,8H,(H,9,10);1H. The Morgan fingerprint density at radius 1 is 0.592 bits per heavy atom. The molecule has 0 aromatic heterocycles. The number of aliphatic hydroxyl groups is 2. The maximum Gasteiger partial charge on any atom is 0.339 e. The van der Waals surface area contributed by atoms with Gasteiger partial charge < -0.3 is 31.9 Å². The second-order valence-electron chi connectivity index (χ2n) is 15.2. The SMILES string of the molecule is CCCCCCCCCCCCC(C)(C)C(O)CN.CCCCCCCCCCCCC(C)(C)C(O)CN.Cl.O=C(O)c1ccccc1O. The predicted octanol–water partition coefficient (Wildman–Crippen LogP) is 10.8. The zero-order valence-electron chi connectivity index (χ0n) is 32.7. The van der Waals surface area contributed by atoms with E-state index in [4.69, 9.17) is 21.7 Å². The second kappa shape index (κ2) is 33.7. The second-order valence-corrected chi connectivity index (χ2v) is 15.2. The van der Waals surface area contributed by atoms with Crippen LogP contribution < -0.4 is 11.5 Å². The van der Waals surface area contributed by atoms with Crippen LogP contribution in [0.5, 0.6) is 5.75 Å². The maximum atomic E-state index is 10.3. The van der Waals surface area contributed by atoms with Gasteiger partial charge in [-0.25, -0.2) is 4.79 Å².